The molecule has 0 spiro atoms. The van der Waals surface area contributed by atoms with Crippen LogP contribution >= 0.6 is 0 Å². The van der Waals surface area contributed by atoms with Gasteiger partial charge in [-0.3, -0.25) is 4.79 Å². The third-order valence-corrected chi connectivity index (χ3v) is 4.79. The van der Waals surface area contributed by atoms with Crippen LogP contribution in [-0.4, -0.2) is 35.1 Å². The zero-order valence-corrected chi connectivity index (χ0v) is 16.8. The minimum Gasteiger partial charge on any atom is -0.507 e. The highest BCUT2D eigenvalue weighted by atomic mass is 16.5. The first-order valence-corrected chi connectivity index (χ1v) is 9.10. The van der Waals surface area contributed by atoms with E-state index in [1.807, 2.05) is 0 Å². The molecule has 0 radical (unpaired) electrons. The molecule has 0 amide bonds. The zero-order valence-electron chi connectivity index (χ0n) is 16.8. The molecular weight excluding hydrogens is 376 g/mol. The first-order chi connectivity index (χ1) is 13.7. The summed E-state index contributed by atoms with van der Waals surface area (Å²) in [5.41, 5.74) is -0.190. The fraction of sp³-hybridized carbons (Fsp3) is 0.318. The van der Waals surface area contributed by atoms with Gasteiger partial charge >= 0.3 is 0 Å². The van der Waals surface area contributed by atoms with Crippen LogP contribution in [0.3, 0.4) is 0 Å². The normalized spacial score (nSPS) is 11.6. The molecule has 0 saturated carbocycles. The van der Waals surface area contributed by atoms with Crippen molar-refractivity contribution in [3.05, 3.63) is 46.3 Å². The number of ether oxygens (including phenoxy) is 2. The Balaban J connectivity index is 2.19. The monoisotopic (exact) mass is 400 g/mol. The molecule has 0 aliphatic carbocycles. The Labute approximate surface area is 167 Å². The van der Waals surface area contributed by atoms with Crippen molar-refractivity contribution in [2.75, 3.05) is 14.2 Å². The Morgan fingerprint density at radius 3 is 2.34 bits per heavy atom. The lowest BCUT2D eigenvalue weighted by Crippen LogP contribution is -2.19. The van der Waals surface area contributed by atoms with Crippen LogP contribution in [0.5, 0.6) is 23.0 Å². The van der Waals surface area contributed by atoms with Crippen LogP contribution < -0.4 is 14.9 Å². The van der Waals surface area contributed by atoms with E-state index in [1.165, 1.54) is 20.5 Å². The second kappa shape index (κ2) is 7.67. The third kappa shape index (κ3) is 4.00. The summed E-state index contributed by atoms with van der Waals surface area (Å²) in [4.78, 5) is 13.1. The molecular formula is C22H24O7. The van der Waals surface area contributed by atoms with Crippen molar-refractivity contribution in [3.63, 3.8) is 0 Å². The van der Waals surface area contributed by atoms with Gasteiger partial charge in [0.05, 0.1) is 25.4 Å². The molecule has 0 unspecified atom stereocenters. The zero-order chi connectivity index (χ0) is 21.3. The van der Waals surface area contributed by atoms with Gasteiger partial charge in [-0.1, -0.05) is 6.07 Å². The van der Waals surface area contributed by atoms with Crippen LogP contribution in [-0.2, 0) is 6.42 Å². The maximum atomic E-state index is 13.1. The van der Waals surface area contributed by atoms with E-state index in [0.29, 0.717) is 29.0 Å². The van der Waals surface area contributed by atoms with E-state index in [2.05, 4.69) is 0 Å². The number of rotatable bonds is 6. The van der Waals surface area contributed by atoms with Crippen molar-refractivity contribution < 1.29 is 29.2 Å². The van der Waals surface area contributed by atoms with E-state index in [9.17, 15) is 20.1 Å². The maximum Gasteiger partial charge on any atom is 0.204 e. The predicted molar refractivity (Wildman–Crippen MR) is 109 cm³/mol. The molecule has 0 fully saturated rings. The average molecular weight is 400 g/mol. The molecule has 3 N–H and O–H groups in total. The number of fused-ring (bicyclic) bond motifs is 1. The number of hydrogen-bond donors (Lipinski definition) is 3. The number of aliphatic hydroxyl groups is 1. The first kappa shape index (κ1) is 20.5. The summed E-state index contributed by atoms with van der Waals surface area (Å²) in [6.45, 7) is 3.30. The minimum absolute atomic E-state index is 0.0270. The van der Waals surface area contributed by atoms with Crippen molar-refractivity contribution >= 4 is 11.0 Å². The number of aromatic hydroxyl groups is 2. The smallest absolute Gasteiger partial charge is 0.204 e. The molecule has 0 aliphatic heterocycles. The highest BCUT2D eigenvalue weighted by Gasteiger charge is 2.22. The van der Waals surface area contributed by atoms with E-state index in [-0.39, 0.29) is 34.5 Å². The highest BCUT2D eigenvalue weighted by Crippen LogP contribution is 2.37. The fourth-order valence-electron chi connectivity index (χ4n) is 3.20. The summed E-state index contributed by atoms with van der Waals surface area (Å²) in [6, 6.07) is 6.12. The van der Waals surface area contributed by atoms with Gasteiger partial charge in [0.1, 0.15) is 28.7 Å². The largest absolute Gasteiger partial charge is 0.507 e. The van der Waals surface area contributed by atoms with E-state index in [1.54, 1.807) is 32.0 Å². The molecule has 3 rings (SSSR count). The van der Waals surface area contributed by atoms with Crippen LogP contribution in [0.2, 0.25) is 0 Å². The fourth-order valence-corrected chi connectivity index (χ4v) is 3.20. The van der Waals surface area contributed by atoms with Crippen molar-refractivity contribution in [2.24, 2.45) is 0 Å². The molecule has 0 atom stereocenters. The standard InChI is InChI=1S/C22H24O7/c1-22(2,26)8-7-13-15(23)10-16(24)19-20(25)14(11-29-21(13)19)12-5-6-17(27-3)18(9-12)28-4/h5-6,9-11,23-24,26H,7-8H2,1-4H3. The summed E-state index contributed by atoms with van der Waals surface area (Å²) in [5, 5.41) is 30.5. The Bertz CT molecular complexity index is 1110. The molecule has 1 heterocycles. The van der Waals surface area contributed by atoms with E-state index < -0.39 is 11.0 Å². The number of phenolic OH excluding ortho intramolecular Hbond substituents is 2. The SMILES string of the molecule is COc1ccc(-c2coc3c(CCC(C)(C)O)c(O)cc(O)c3c2=O)cc1OC. The number of methoxy groups -OCH3 is 2. The first-order valence-electron chi connectivity index (χ1n) is 9.10. The summed E-state index contributed by atoms with van der Waals surface area (Å²) < 4.78 is 16.2. The van der Waals surface area contributed by atoms with Crippen molar-refractivity contribution in [3.8, 4) is 34.1 Å². The molecule has 0 saturated heterocycles. The maximum absolute atomic E-state index is 13.1. The van der Waals surface area contributed by atoms with E-state index in [4.69, 9.17) is 13.9 Å². The topological polar surface area (TPSA) is 109 Å². The number of phenols is 2. The van der Waals surface area contributed by atoms with Gasteiger partial charge in [0.25, 0.3) is 0 Å². The summed E-state index contributed by atoms with van der Waals surface area (Å²) in [7, 11) is 3.01. The Morgan fingerprint density at radius 2 is 1.72 bits per heavy atom. The van der Waals surface area contributed by atoms with Crippen LogP contribution in [0, 0.1) is 0 Å². The van der Waals surface area contributed by atoms with Gasteiger partial charge < -0.3 is 29.2 Å². The van der Waals surface area contributed by atoms with Crippen molar-refractivity contribution in [2.45, 2.75) is 32.3 Å². The summed E-state index contributed by atoms with van der Waals surface area (Å²) in [6.07, 6.45) is 1.89. The quantitative estimate of drug-likeness (QED) is 0.580. The van der Waals surface area contributed by atoms with Crippen molar-refractivity contribution in [1.82, 2.24) is 0 Å². The Hall–Kier alpha value is -3.19. The van der Waals surface area contributed by atoms with Crippen LogP contribution in [0.4, 0.5) is 0 Å². The molecule has 3 aromatic rings. The molecule has 7 heteroatoms. The van der Waals surface area contributed by atoms with Gasteiger partial charge in [-0.25, -0.2) is 0 Å². The van der Waals surface area contributed by atoms with E-state index >= 15 is 0 Å². The number of hydrogen-bond acceptors (Lipinski definition) is 7. The summed E-state index contributed by atoms with van der Waals surface area (Å²) >= 11 is 0. The van der Waals surface area contributed by atoms with Gasteiger partial charge in [0.2, 0.25) is 5.43 Å². The third-order valence-electron chi connectivity index (χ3n) is 4.79. The molecule has 154 valence electrons. The molecule has 2 aromatic carbocycles. The Morgan fingerprint density at radius 1 is 1.03 bits per heavy atom. The van der Waals surface area contributed by atoms with Gasteiger partial charge in [-0.2, -0.15) is 0 Å². The lowest BCUT2D eigenvalue weighted by atomic mass is 9.96. The molecule has 7 nitrogen and oxygen atoms in total. The number of benzene rings is 2. The molecule has 29 heavy (non-hydrogen) atoms. The number of aryl methyl sites for hydroxylation is 1. The predicted octanol–water partition coefficient (Wildman–Crippen LogP) is 3.59. The van der Waals surface area contributed by atoms with Crippen LogP contribution in [0.25, 0.3) is 22.1 Å². The van der Waals surface area contributed by atoms with E-state index in [0.717, 1.165) is 6.07 Å². The van der Waals surface area contributed by atoms with Gasteiger partial charge in [-0.05, 0) is 44.4 Å². The molecule has 0 aliphatic rings. The van der Waals surface area contributed by atoms with Gasteiger partial charge in [0.15, 0.2) is 11.5 Å². The average Bonchev–Trinajstić information content (AvgIpc) is 2.66. The highest BCUT2D eigenvalue weighted by molar-refractivity contribution is 5.91. The van der Waals surface area contributed by atoms with Gasteiger partial charge in [0, 0.05) is 11.6 Å². The van der Waals surface area contributed by atoms with Crippen LogP contribution in [0.15, 0.2) is 39.7 Å². The Kier molecular flexibility index (Phi) is 5.44. The second-order valence-corrected chi connectivity index (χ2v) is 7.46. The minimum atomic E-state index is -0.962. The lowest BCUT2D eigenvalue weighted by molar-refractivity contribution is 0.0713. The lowest BCUT2D eigenvalue weighted by Gasteiger charge is -2.18. The molecule has 0 bridgehead atoms. The second-order valence-electron chi connectivity index (χ2n) is 7.46. The summed E-state index contributed by atoms with van der Waals surface area (Å²) in [5.74, 6) is 0.398. The van der Waals surface area contributed by atoms with Crippen LogP contribution in [0.1, 0.15) is 25.8 Å². The molecule has 1 aromatic heterocycles. The van der Waals surface area contributed by atoms with Crippen molar-refractivity contribution in [1.29, 1.82) is 0 Å². The van der Waals surface area contributed by atoms with Gasteiger partial charge in [-0.15, -0.1) is 0 Å².